The van der Waals surface area contributed by atoms with Gasteiger partial charge in [0.05, 0.1) is 12.7 Å². The van der Waals surface area contributed by atoms with E-state index < -0.39 is 36.7 Å². The third kappa shape index (κ3) is 5.61. The molecule has 2 aliphatic rings. The zero-order chi connectivity index (χ0) is 23.5. The minimum Gasteiger partial charge on any atom is -0.465 e. The van der Waals surface area contributed by atoms with Crippen LogP contribution in [0.1, 0.15) is 50.4 Å². The maximum Gasteiger partial charge on any atom is 0.337 e. The Labute approximate surface area is 190 Å². The van der Waals surface area contributed by atoms with Crippen LogP contribution in [0.25, 0.3) is 0 Å². The molecule has 3 N–H and O–H groups in total. The van der Waals surface area contributed by atoms with E-state index in [1.165, 1.54) is 7.11 Å². The summed E-state index contributed by atoms with van der Waals surface area (Å²) in [6.07, 6.45) is -2.49. The normalized spacial score (nSPS) is 34.2. The SMILES string of the molecule is COC(=O)c1ccc(O[C@H]2OC(CN3CCCCC(C)(C(C)C)C3)[C@@H](O)C(O)C2O)cc1. The molecular formula is C24H37NO7. The predicted octanol–water partition coefficient (Wildman–Crippen LogP) is 1.81. The van der Waals surface area contributed by atoms with Crippen LogP contribution in [0.4, 0.5) is 0 Å². The first kappa shape index (κ1) is 24.9. The number of ether oxygens (including phenoxy) is 3. The summed E-state index contributed by atoms with van der Waals surface area (Å²) in [5.41, 5.74) is 0.540. The van der Waals surface area contributed by atoms with Gasteiger partial charge in [-0.05, 0) is 55.0 Å². The monoisotopic (exact) mass is 451 g/mol. The number of aliphatic hydroxyl groups excluding tert-OH is 3. The lowest BCUT2D eigenvalue weighted by Gasteiger charge is -2.43. The standard InChI is InChI=1S/C24H37NO7/c1-15(2)24(3)11-5-6-12-25(14-24)13-18-19(26)20(27)21(28)23(32-18)31-17-9-7-16(8-10-17)22(29)30-4/h7-10,15,18-21,23,26-28H,5-6,11-14H2,1-4H3/t18?,19-,20?,21?,23+,24?/m1/s1. The van der Waals surface area contributed by atoms with E-state index in [2.05, 4.69) is 30.4 Å². The van der Waals surface area contributed by atoms with Gasteiger partial charge in [0, 0.05) is 13.1 Å². The van der Waals surface area contributed by atoms with Gasteiger partial charge in [0.1, 0.15) is 30.2 Å². The molecule has 0 aliphatic carbocycles. The Kier molecular flexibility index (Phi) is 8.16. The van der Waals surface area contributed by atoms with E-state index in [0.29, 0.717) is 23.8 Å². The number of methoxy groups -OCH3 is 1. The second-order valence-electron chi connectivity index (χ2n) is 9.65. The Hall–Kier alpha value is -1.71. The molecule has 1 aromatic carbocycles. The Morgan fingerprint density at radius 1 is 1.16 bits per heavy atom. The lowest BCUT2D eigenvalue weighted by Crippen LogP contribution is -2.61. The number of nitrogens with zero attached hydrogens (tertiary/aromatic N) is 1. The van der Waals surface area contributed by atoms with Crippen LogP contribution in [0.2, 0.25) is 0 Å². The van der Waals surface area contributed by atoms with Crippen LogP contribution in [0.3, 0.4) is 0 Å². The number of hydrogen-bond donors (Lipinski definition) is 3. The largest absolute Gasteiger partial charge is 0.465 e. The quantitative estimate of drug-likeness (QED) is 0.562. The second kappa shape index (κ2) is 10.5. The molecule has 0 spiro atoms. The van der Waals surface area contributed by atoms with Crippen molar-refractivity contribution in [2.45, 2.75) is 70.7 Å². The average Bonchev–Trinajstić information content (AvgIpc) is 2.97. The van der Waals surface area contributed by atoms with Gasteiger partial charge in [-0.25, -0.2) is 4.79 Å². The molecule has 1 aromatic rings. The lowest BCUT2D eigenvalue weighted by atomic mass is 9.75. The number of rotatable bonds is 6. The van der Waals surface area contributed by atoms with Crippen molar-refractivity contribution in [3.8, 4) is 5.75 Å². The molecule has 2 heterocycles. The first-order chi connectivity index (χ1) is 15.1. The second-order valence-corrected chi connectivity index (χ2v) is 9.65. The van der Waals surface area contributed by atoms with Crippen LogP contribution in [0.15, 0.2) is 24.3 Å². The molecule has 4 unspecified atom stereocenters. The van der Waals surface area contributed by atoms with Crippen molar-refractivity contribution < 1.29 is 34.3 Å². The van der Waals surface area contributed by atoms with Gasteiger partial charge < -0.3 is 34.4 Å². The predicted molar refractivity (Wildman–Crippen MR) is 118 cm³/mol. The number of carbonyl (C=O) groups excluding carboxylic acids is 1. The maximum absolute atomic E-state index is 11.6. The minimum atomic E-state index is -1.41. The fourth-order valence-electron chi connectivity index (χ4n) is 4.50. The first-order valence-electron chi connectivity index (χ1n) is 11.4. The van der Waals surface area contributed by atoms with Crippen LogP contribution in [0.5, 0.6) is 5.75 Å². The summed E-state index contributed by atoms with van der Waals surface area (Å²) in [6, 6.07) is 6.22. The number of carbonyl (C=O) groups is 1. The molecule has 0 aromatic heterocycles. The zero-order valence-corrected chi connectivity index (χ0v) is 19.4. The van der Waals surface area contributed by atoms with E-state index in [1.54, 1.807) is 24.3 Å². The van der Waals surface area contributed by atoms with E-state index in [4.69, 9.17) is 9.47 Å². The number of esters is 1. The highest BCUT2D eigenvalue weighted by Crippen LogP contribution is 2.36. The summed E-state index contributed by atoms with van der Waals surface area (Å²) < 4.78 is 16.4. The van der Waals surface area contributed by atoms with Crippen LogP contribution < -0.4 is 4.74 Å². The Bertz CT molecular complexity index is 755. The van der Waals surface area contributed by atoms with E-state index in [1.807, 2.05) is 0 Å². The fourth-order valence-corrected chi connectivity index (χ4v) is 4.50. The molecule has 0 radical (unpaired) electrons. The Balaban J connectivity index is 1.69. The van der Waals surface area contributed by atoms with E-state index in [0.717, 1.165) is 32.4 Å². The number of benzene rings is 1. The van der Waals surface area contributed by atoms with Gasteiger partial charge in [-0.2, -0.15) is 0 Å². The zero-order valence-electron chi connectivity index (χ0n) is 19.4. The molecule has 3 rings (SSSR count). The summed E-state index contributed by atoms with van der Waals surface area (Å²) in [7, 11) is 1.31. The van der Waals surface area contributed by atoms with Crippen LogP contribution in [0, 0.1) is 11.3 Å². The first-order valence-corrected chi connectivity index (χ1v) is 11.4. The van der Waals surface area contributed by atoms with Gasteiger partial charge in [-0.3, -0.25) is 0 Å². The molecular weight excluding hydrogens is 414 g/mol. The average molecular weight is 452 g/mol. The van der Waals surface area contributed by atoms with E-state index in [9.17, 15) is 20.1 Å². The van der Waals surface area contributed by atoms with Crippen molar-refractivity contribution in [2.24, 2.45) is 11.3 Å². The van der Waals surface area contributed by atoms with Crippen molar-refractivity contribution in [2.75, 3.05) is 26.7 Å². The van der Waals surface area contributed by atoms with Gasteiger partial charge in [0.2, 0.25) is 6.29 Å². The summed E-state index contributed by atoms with van der Waals surface area (Å²) in [5, 5.41) is 31.5. The van der Waals surface area contributed by atoms with Crippen LogP contribution >= 0.6 is 0 Å². The van der Waals surface area contributed by atoms with Crippen molar-refractivity contribution in [1.82, 2.24) is 4.90 Å². The molecule has 8 nitrogen and oxygen atoms in total. The smallest absolute Gasteiger partial charge is 0.337 e. The number of likely N-dealkylation sites (tertiary alicyclic amines) is 1. The number of hydrogen-bond acceptors (Lipinski definition) is 8. The van der Waals surface area contributed by atoms with Gasteiger partial charge in [-0.15, -0.1) is 0 Å². The van der Waals surface area contributed by atoms with Crippen molar-refractivity contribution in [3.05, 3.63) is 29.8 Å². The third-order valence-electron chi connectivity index (χ3n) is 7.09. The van der Waals surface area contributed by atoms with Gasteiger partial charge >= 0.3 is 5.97 Å². The van der Waals surface area contributed by atoms with Crippen LogP contribution in [-0.2, 0) is 9.47 Å². The van der Waals surface area contributed by atoms with Crippen LogP contribution in [-0.4, -0.2) is 83.6 Å². The molecule has 2 aliphatic heterocycles. The summed E-state index contributed by atoms with van der Waals surface area (Å²) in [6.45, 7) is 9.01. The lowest BCUT2D eigenvalue weighted by molar-refractivity contribution is -0.274. The summed E-state index contributed by atoms with van der Waals surface area (Å²) >= 11 is 0. The molecule has 32 heavy (non-hydrogen) atoms. The van der Waals surface area contributed by atoms with E-state index >= 15 is 0 Å². The summed E-state index contributed by atoms with van der Waals surface area (Å²) in [4.78, 5) is 13.9. The van der Waals surface area contributed by atoms with Crippen molar-refractivity contribution in [3.63, 3.8) is 0 Å². The molecule has 2 fully saturated rings. The van der Waals surface area contributed by atoms with Gasteiger partial charge in [0.15, 0.2) is 0 Å². The Morgan fingerprint density at radius 2 is 1.84 bits per heavy atom. The molecule has 0 amide bonds. The van der Waals surface area contributed by atoms with Gasteiger partial charge in [0.25, 0.3) is 0 Å². The summed E-state index contributed by atoms with van der Waals surface area (Å²) in [5.74, 6) is 0.429. The highest BCUT2D eigenvalue weighted by atomic mass is 16.7. The van der Waals surface area contributed by atoms with Crippen molar-refractivity contribution in [1.29, 1.82) is 0 Å². The third-order valence-corrected chi connectivity index (χ3v) is 7.09. The van der Waals surface area contributed by atoms with Gasteiger partial charge in [-0.1, -0.05) is 27.2 Å². The van der Waals surface area contributed by atoms with Crippen molar-refractivity contribution >= 4 is 5.97 Å². The fraction of sp³-hybridized carbons (Fsp3) is 0.708. The molecule has 180 valence electrons. The molecule has 6 atom stereocenters. The molecule has 0 bridgehead atoms. The molecule has 8 heteroatoms. The minimum absolute atomic E-state index is 0.172. The number of aliphatic hydroxyl groups is 3. The topological polar surface area (TPSA) is 109 Å². The highest BCUT2D eigenvalue weighted by Gasteiger charge is 2.46. The van der Waals surface area contributed by atoms with E-state index in [-0.39, 0.29) is 5.41 Å². The maximum atomic E-state index is 11.6. The Morgan fingerprint density at radius 3 is 2.47 bits per heavy atom. The molecule has 2 saturated heterocycles. The molecule has 0 saturated carbocycles. The highest BCUT2D eigenvalue weighted by molar-refractivity contribution is 5.89.